The number of hydrogen-bond acceptors (Lipinski definition) is 6. The van der Waals surface area contributed by atoms with E-state index in [1.54, 1.807) is 0 Å². The highest BCUT2D eigenvalue weighted by atomic mass is 32.2. The van der Waals surface area contributed by atoms with Gasteiger partial charge in [-0.2, -0.15) is 0 Å². The third-order valence-electron chi connectivity index (χ3n) is 5.80. The third kappa shape index (κ3) is 6.77. The molecule has 1 saturated heterocycles. The van der Waals surface area contributed by atoms with Gasteiger partial charge in [0.2, 0.25) is 10.0 Å². The molecule has 1 heterocycles. The van der Waals surface area contributed by atoms with E-state index in [4.69, 9.17) is 9.47 Å². The minimum atomic E-state index is -3.23. The lowest BCUT2D eigenvalue weighted by Gasteiger charge is -2.35. The van der Waals surface area contributed by atoms with Crippen LogP contribution in [-0.4, -0.2) is 58.9 Å². The van der Waals surface area contributed by atoms with Crippen LogP contribution in [0.15, 0.2) is 24.3 Å². The second kappa shape index (κ2) is 10.5. The van der Waals surface area contributed by atoms with Gasteiger partial charge in [0, 0.05) is 12.1 Å². The molecular formula is C21H32N2O5S. The van der Waals surface area contributed by atoms with Crippen LogP contribution >= 0.6 is 0 Å². The van der Waals surface area contributed by atoms with E-state index in [1.807, 2.05) is 18.2 Å². The van der Waals surface area contributed by atoms with Crippen molar-refractivity contribution in [1.29, 1.82) is 0 Å². The topological polar surface area (TPSA) is 93.7 Å². The summed E-state index contributed by atoms with van der Waals surface area (Å²) in [5.41, 5.74) is 1.17. The first-order chi connectivity index (χ1) is 14.0. The van der Waals surface area contributed by atoms with Crippen molar-refractivity contribution in [1.82, 2.24) is 10.0 Å². The van der Waals surface area contributed by atoms with Gasteiger partial charge in [-0.3, -0.25) is 4.79 Å². The zero-order valence-corrected chi connectivity index (χ0v) is 17.8. The standard InChI is InChI=1S/C21H32N2O5S/c1-29(25,26)23-19-6-4-12-22-20(19)15-28-17-10-8-16(9-11-17)18-5-2-3-7-21(18)27-14-13-24/h2-3,5,7,13,16-17,19-20,22-23H,4,6,8-12,14-15H2,1H3/t16-,17+,19-,20-/m0/s1. The second-order valence-corrected chi connectivity index (χ2v) is 9.80. The molecule has 1 aliphatic carbocycles. The molecule has 7 nitrogen and oxygen atoms in total. The summed E-state index contributed by atoms with van der Waals surface area (Å²) in [6.45, 7) is 1.48. The zero-order chi connectivity index (χ0) is 20.7. The number of carbonyl (C=O) groups is 1. The van der Waals surface area contributed by atoms with Crippen molar-refractivity contribution in [3.63, 3.8) is 0 Å². The number of piperidine rings is 1. The van der Waals surface area contributed by atoms with Crippen molar-refractivity contribution in [3.8, 4) is 5.75 Å². The van der Waals surface area contributed by atoms with Crippen LogP contribution in [-0.2, 0) is 19.6 Å². The fourth-order valence-corrected chi connectivity index (χ4v) is 5.23. The summed E-state index contributed by atoms with van der Waals surface area (Å²) in [6, 6.07) is 7.83. The fraction of sp³-hybridized carbons (Fsp3) is 0.667. The van der Waals surface area contributed by atoms with Crippen LogP contribution in [0, 0.1) is 0 Å². The first kappa shape index (κ1) is 22.2. The maximum Gasteiger partial charge on any atom is 0.209 e. The molecule has 162 valence electrons. The van der Waals surface area contributed by atoms with Crippen LogP contribution in [0.25, 0.3) is 0 Å². The van der Waals surface area contributed by atoms with Gasteiger partial charge in [-0.05, 0) is 62.6 Å². The van der Waals surface area contributed by atoms with Gasteiger partial charge in [-0.25, -0.2) is 13.1 Å². The van der Waals surface area contributed by atoms with Gasteiger partial charge in [0.15, 0.2) is 6.29 Å². The minimum Gasteiger partial charge on any atom is -0.486 e. The zero-order valence-electron chi connectivity index (χ0n) is 17.0. The molecular weight excluding hydrogens is 392 g/mol. The van der Waals surface area contributed by atoms with E-state index >= 15 is 0 Å². The first-order valence-corrected chi connectivity index (χ1v) is 12.3. The van der Waals surface area contributed by atoms with Crippen molar-refractivity contribution in [3.05, 3.63) is 29.8 Å². The van der Waals surface area contributed by atoms with Gasteiger partial charge in [-0.15, -0.1) is 0 Å². The van der Waals surface area contributed by atoms with Crippen LogP contribution in [0.1, 0.15) is 50.0 Å². The second-order valence-electron chi connectivity index (χ2n) is 8.02. The molecule has 0 unspecified atom stereocenters. The Kier molecular flexibility index (Phi) is 8.06. The number of aldehydes is 1. The Morgan fingerprint density at radius 1 is 1.17 bits per heavy atom. The molecule has 1 aromatic rings. The molecule has 1 aromatic carbocycles. The molecule has 0 radical (unpaired) electrons. The molecule has 0 amide bonds. The first-order valence-electron chi connectivity index (χ1n) is 10.4. The van der Waals surface area contributed by atoms with E-state index < -0.39 is 10.0 Å². The Hall–Kier alpha value is -1.48. The van der Waals surface area contributed by atoms with E-state index in [-0.39, 0.29) is 24.8 Å². The van der Waals surface area contributed by atoms with Gasteiger partial charge in [0.1, 0.15) is 12.4 Å². The predicted molar refractivity (Wildman–Crippen MR) is 112 cm³/mol. The number of para-hydroxylation sites is 1. The summed E-state index contributed by atoms with van der Waals surface area (Å²) < 4.78 is 37.7. The molecule has 2 N–H and O–H groups in total. The van der Waals surface area contributed by atoms with E-state index in [0.29, 0.717) is 12.5 Å². The number of nitrogens with one attached hydrogen (secondary N) is 2. The Morgan fingerprint density at radius 2 is 1.93 bits per heavy atom. The van der Waals surface area contributed by atoms with Crippen molar-refractivity contribution in [2.75, 3.05) is 26.0 Å². The highest BCUT2D eigenvalue weighted by Crippen LogP contribution is 2.38. The predicted octanol–water partition coefficient (Wildman–Crippen LogP) is 1.98. The molecule has 0 aromatic heterocycles. The molecule has 1 aliphatic heterocycles. The molecule has 3 rings (SSSR count). The minimum absolute atomic E-state index is 0.00802. The molecule has 1 saturated carbocycles. The number of carbonyl (C=O) groups excluding carboxylic acids is 1. The summed E-state index contributed by atoms with van der Waals surface area (Å²) >= 11 is 0. The Morgan fingerprint density at radius 3 is 2.66 bits per heavy atom. The van der Waals surface area contributed by atoms with E-state index in [0.717, 1.165) is 57.1 Å². The largest absolute Gasteiger partial charge is 0.486 e. The lowest BCUT2D eigenvalue weighted by atomic mass is 9.82. The quantitative estimate of drug-likeness (QED) is 0.589. The molecule has 2 aliphatic rings. The van der Waals surface area contributed by atoms with Crippen LogP contribution in [0.2, 0.25) is 0 Å². The Balaban J connectivity index is 1.49. The van der Waals surface area contributed by atoms with Gasteiger partial charge < -0.3 is 14.8 Å². The average molecular weight is 425 g/mol. The normalized spacial score (nSPS) is 28.0. The summed E-state index contributed by atoms with van der Waals surface area (Å²) in [7, 11) is -3.23. The summed E-state index contributed by atoms with van der Waals surface area (Å²) in [4.78, 5) is 10.6. The number of benzene rings is 1. The monoisotopic (exact) mass is 424 g/mol. The smallest absolute Gasteiger partial charge is 0.209 e. The molecule has 29 heavy (non-hydrogen) atoms. The van der Waals surface area contributed by atoms with Crippen molar-refractivity contribution < 1.29 is 22.7 Å². The van der Waals surface area contributed by atoms with E-state index in [9.17, 15) is 13.2 Å². The molecule has 2 fully saturated rings. The fourth-order valence-electron chi connectivity index (χ4n) is 4.40. The SMILES string of the molecule is CS(=O)(=O)N[C@H]1CCCN[C@H]1CO[C@H]1CC[C@@H](c2ccccc2OCC=O)CC1. The molecule has 8 heteroatoms. The summed E-state index contributed by atoms with van der Waals surface area (Å²) in [6.07, 6.45) is 7.90. The summed E-state index contributed by atoms with van der Waals surface area (Å²) in [5, 5.41) is 3.40. The van der Waals surface area contributed by atoms with Crippen LogP contribution in [0.5, 0.6) is 5.75 Å². The van der Waals surface area contributed by atoms with Crippen molar-refractivity contribution >= 4 is 16.3 Å². The number of ether oxygens (including phenoxy) is 2. The highest BCUT2D eigenvalue weighted by Gasteiger charge is 2.30. The lowest BCUT2D eigenvalue weighted by Crippen LogP contribution is -2.55. The van der Waals surface area contributed by atoms with Crippen molar-refractivity contribution in [2.24, 2.45) is 0 Å². The molecule has 0 spiro atoms. The number of rotatable bonds is 9. The third-order valence-corrected chi connectivity index (χ3v) is 6.53. The van der Waals surface area contributed by atoms with E-state index in [2.05, 4.69) is 16.1 Å². The Labute approximate surface area is 173 Å². The van der Waals surface area contributed by atoms with Crippen molar-refractivity contribution in [2.45, 2.75) is 62.6 Å². The maximum absolute atomic E-state index is 11.6. The lowest BCUT2D eigenvalue weighted by molar-refractivity contribution is -0.109. The van der Waals surface area contributed by atoms with E-state index in [1.165, 1.54) is 11.8 Å². The van der Waals surface area contributed by atoms with Gasteiger partial charge in [0.25, 0.3) is 0 Å². The number of hydrogen-bond donors (Lipinski definition) is 2. The maximum atomic E-state index is 11.6. The Bertz CT molecular complexity index is 762. The van der Waals surface area contributed by atoms with Gasteiger partial charge >= 0.3 is 0 Å². The average Bonchev–Trinajstić information content (AvgIpc) is 2.71. The van der Waals surface area contributed by atoms with Gasteiger partial charge in [-0.1, -0.05) is 18.2 Å². The number of sulfonamides is 1. The summed E-state index contributed by atoms with van der Waals surface area (Å²) in [5.74, 6) is 1.20. The van der Waals surface area contributed by atoms with Crippen LogP contribution in [0.3, 0.4) is 0 Å². The van der Waals surface area contributed by atoms with Gasteiger partial charge in [0.05, 0.1) is 19.0 Å². The van der Waals surface area contributed by atoms with Crippen LogP contribution < -0.4 is 14.8 Å². The molecule has 0 bridgehead atoms. The highest BCUT2D eigenvalue weighted by molar-refractivity contribution is 7.88. The van der Waals surface area contributed by atoms with Crippen LogP contribution in [0.4, 0.5) is 0 Å². The molecule has 2 atom stereocenters.